The smallest absolute Gasteiger partial charge is 0.550 e. The molecule has 4 nitrogen and oxygen atoms in total. The number of carboxylic acids is 1. The van der Waals surface area contributed by atoms with Crippen LogP contribution >= 0.6 is 0 Å². The summed E-state index contributed by atoms with van der Waals surface area (Å²) in [5.74, 6) is -1.01. The van der Waals surface area contributed by atoms with Gasteiger partial charge in [0.2, 0.25) is 0 Å². The van der Waals surface area contributed by atoms with Gasteiger partial charge in [0.05, 0.1) is 6.17 Å². The fourth-order valence-electron chi connectivity index (χ4n) is 1.02. The fourth-order valence-corrected chi connectivity index (χ4v) is 1.02. The van der Waals surface area contributed by atoms with Crippen LogP contribution < -0.4 is 34.6 Å². The summed E-state index contributed by atoms with van der Waals surface area (Å²) in [6, 6.07) is 0. The van der Waals surface area contributed by atoms with Gasteiger partial charge in [0.25, 0.3) is 0 Å². The van der Waals surface area contributed by atoms with Crippen molar-refractivity contribution in [2.45, 2.75) is 19.0 Å². The maximum absolute atomic E-state index is 10.1. The fraction of sp³-hybridized carbons (Fsp3) is 0.833. The van der Waals surface area contributed by atoms with Gasteiger partial charge in [-0.15, -0.1) is 0 Å². The third-order valence-electron chi connectivity index (χ3n) is 1.51. The molecule has 0 amide bonds. The Balaban J connectivity index is 0.000001000. The van der Waals surface area contributed by atoms with Gasteiger partial charge in [-0.1, -0.05) is 0 Å². The van der Waals surface area contributed by atoms with Crippen molar-refractivity contribution >= 4 is 5.97 Å². The molecule has 0 spiro atoms. The molecule has 1 rings (SSSR count). The Kier molecular flexibility index (Phi) is 5.61. The van der Waals surface area contributed by atoms with E-state index in [1.165, 1.54) is 0 Å². The van der Waals surface area contributed by atoms with Gasteiger partial charge < -0.3 is 20.5 Å². The van der Waals surface area contributed by atoms with Crippen LogP contribution in [0, 0.1) is 0 Å². The van der Waals surface area contributed by atoms with Crippen molar-refractivity contribution in [1.29, 1.82) is 0 Å². The number of carboxylic acid groups (broad SMARTS) is 1. The molecular formula is C6H11LiN2O2. The van der Waals surface area contributed by atoms with Crippen molar-refractivity contribution in [3.8, 4) is 0 Å². The summed E-state index contributed by atoms with van der Waals surface area (Å²) in [5, 5.41) is 16.1. The monoisotopic (exact) mass is 150 g/mol. The Morgan fingerprint density at radius 2 is 2.00 bits per heavy atom. The van der Waals surface area contributed by atoms with Gasteiger partial charge in [0.1, 0.15) is 0 Å². The number of hydrogen-bond acceptors (Lipinski definition) is 4. The minimum Gasteiger partial charge on any atom is -0.550 e. The van der Waals surface area contributed by atoms with Crippen LogP contribution in [0.3, 0.4) is 0 Å². The second-order valence-corrected chi connectivity index (χ2v) is 2.39. The number of carbonyl (C=O) groups excluding carboxylic acids is 1. The predicted molar refractivity (Wildman–Crippen MR) is 34.0 cm³/mol. The van der Waals surface area contributed by atoms with Crippen molar-refractivity contribution in [1.82, 2.24) is 10.6 Å². The topological polar surface area (TPSA) is 64.2 Å². The molecule has 0 atom stereocenters. The first-order chi connectivity index (χ1) is 4.79. The Morgan fingerprint density at radius 1 is 1.45 bits per heavy atom. The van der Waals surface area contributed by atoms with E-state index >= 15 is 0 Å². The molecule has 58 valence electrons. The minimum atomic E-state index is -1.01. The van der Waals surface area contributed by atoms with Crippen molar-refractivity contribution in [3.05, 3.63) is 0 Å². The maximum Gasteiger partial charge on any atom is 1.00 e. The van der Waals surface area contributed by atoms with Crippen molar-refractivity contribution < 1.29 is 28.8 Å². The van der Waals surface area contributed by atoms with Crippen LogP contribution in [0.15, 0.2) is 0 Å². The first-order valence-corrected chi connectivity index (χ1v) is 3.45. The zero-order chi connectivity index (χ0) is 7.40. The van der Waals surface area contributed by atoms with E-state index in [2.05, 4.69) is 10.6 Å². The van der Waals surface area contributed by atoms with E-state index in [9.17, 15) is 9.90 Å². The van der Waals surface area contributed by atoms with E-state index in [1.54, 1.807) is 0 Å². The standard InChI is InChI=1S/C6H12N2O2.Li/c9-6(10)4-5-7-2-1-3-8-5;/h5,7-8H,1-4H2,(H,9,10);/q;+1/p-1. The van der Waals surface area contributed by atoms with Crippen molar-refractivity contribution in [3.63, 3.8) is 0 Å². The molecule has 0 unspecified atom stereocenters. The Labute approximate surface area is 77.9 Å². The van der Waals surface area contributed by atoms with E-state index < -0.39 is 5.97 Å². The summed E-state index contributed by atoms with van der Waals surface area (Å²) in [6.45, 7) is 1.79. The summed E-state index contributed by atoms with van der Waals surface area (Å²) in [4.78, 5) is 10.1. The van der Waals surface area contributed by atoms with Crippen LogP contribution in [-0.2, 0) is 4.79 Å². The zero-order valence-electron chi connectivity index (χ0n) is 6.72. The summed E-state index contributed by atoms with van der Waals surface area (Å²) < 4.78 is 0. The molecule has 0 radical (unpaired) electrons. The van der Waals surface area contributed by atoms with Gasteiger partial charge in [0.15, 0.2) is 0 Å². The van der Waals surface area contributed by atoms with E-state index in [1.807, 2.05) is 0 Å². The van der Waals surface area contributed by atoms with Crippen LogP contribution in [-0.4, -0.2) is 25.2 Å². The van der Waals surface area contributed by atoms with E-state index in [-0.39, 0.29) is 31.4 Å². The van der Waals surface area contributed by atoms with Gasteiger partial charge in [0, 0.05) is 12.4 Å². The molecule has 1 saturated heterocycles. The number of carbonyl (C=O) groups is 1. The van der Waals surface area contributed by atoms with Gasteiger partial charge in [-0.2, -0.15) is 0 Å². The molecule has 1 fully saturated rings. The molecule has 0 aromatic rings. The second kappa shape index (κ2) is 5.61. The van der Waals surface area contributed by atoms with Crippen LogP contribution in [0.1, 0.15) is 12.8 Å². The summed E-state index contributed by atoms with van der Waals surface area (Å²) in [6.07, 6.45) is 1.03. The average Bonchev–Trinajstić information content (AvgIpc) is 1.88. The summed E-state index contributed by atoms with van der Waals surface area (Å²) >= 11 is 0. The molecular weight excluding hydrogens is 139 g/mol. The summed E-state index contributed by atoms with van der Waals surface area (Å²) in [5.41, 5.74) is 0. The predicted octanol–water partition coefficient (Wildman–Crippen LogP) is -4.96. The van der Waals surface area contributed by atoms with Gasteiger partial charge >= 0.3 is 18.9 Å². The van der Waals surface area contributed by atoms with E-state index in [4.69, 9.17) is 0 Å². The molecule has 0 bridgehead atoms. The molecule has 2 N–H and O–H groups in total. The quantitative estimate of drug-likeness (QED) is 0.387. The number of aliphatic carboxylic acids is 1. The molecule has 11 heavy (non-hydrogen) atoms. The largest absolute Gasteiger partial charge is 1.00 e. The van der Waals surface area contributed by atoms with E-state index in [0.29, 0.717) is 0 Å². The number of hydrogen-bond donors (Lipinski definition) is 2. The molecule has 0 aromatic heterocycles. The Hall–Kier alpha value is -0.0126. The Bertz CT molecular complexity index is 126. The van der Waals surface area contributed by atoms with Gasteiger partial charge in [-0.3, -0.25) is 0 Å². The SMILES string of the molecule is O=C([O-])CC1NCCCN1.[Li+]. The van der Waals surface area contributed by atoms with Crippen LogP contribution in [0.5, 0.6) is 0 Å². The third-order valence-corrected chi connectivity index (χ3v) is 1.51. The third kappa shape index (κ3) is 4.43. The van der Waals surface area contributed by atoms with Crippen molar-refractivity contribution in [2.24, 2.45) is 0 Å². The van der Waals surface area contributed by atoms with E-state index in [0.717, 1.165) is 19.5 Å². The van der Waals surface area contributed by atoms with Crippen LogP contribution in [0.25, 0.3) is 0 Å². The van der Waals surface area contributed by atoms with Crippen LogP contribution in [0.2, 0.25) is 0 Å². The maximum atomic E-state index is 10.1. The normalized spacial score (nSPS) is 18.9. The molecule has 0 saturated carbocycles. The molecule has 1 aliphatic heterocycles. The van der Waals surface area contributed by atoms with Crippen molar-refractivity contribution in [2.75, 3.05) is 13.1 Å². The minimum absolute atomic E-state index is 0. The molecule has 5 heteroatoms. The summed E-state index contributed by atoms with van der Waals surface area (Å²) in [7, 11) is 0. The zero-order valence-corrected chi connectivity index (χ0v) is 6.72. The molecule has 1 heterocycles. The second-order valence-electron chi connectivity index (χ2n) is 2.39. The van der Waals surface area contributed by atoms with Gasteiger partial charge in [-0.25, -0.2) is 0 Å². The van der Waals surface area contributed by atoms with Gasteiger partial charge in [-0.05, 0) is 19.5 Å². The molecule has 1 aliphatic rings. The average molecular weight is 150 g/mol. The number of nitrogens with one attached hydrogen (secondary N) is 2. The molecule has 0 aromatic carbocycles. The Morgan fingerprint density at radius 3 is 2.45 bits per heavy atom. The number of rotatable bonds is 2. The first kappa shape index (κ1) is 11.0. The first-order valence-electron chi connectivity index (χ1n) is 3.45. The molecule has 0 aliphatic carbocycles. The van der Waals surface area contributed by atoms with Crippen LogP contribution in [0.4, 0.5) is 0 Å².